The molecule has 3 N–H and O–H groups in total. The third-order valence-electron chi connectivity index (χ3n) is 3.52. The fourth-order valence-corrected chi connectivity index (χ4v) is 2.43. The molecule has 1 fully saturated rings. The van der Waals surface area contributed by atoms with Gasteiger partial charge in [0.05, 0.1) is 6.10 Å². The molecule has 1 aliphatic rings. The van der Waals surface area contributed by atoms with E-state index in [0.717, 1.165) is 18.7 Å². The van der Waals surface area contributed by atoms with E-state index in [9.17, 15) is 9.90 Å². The third-order valence-corrected chi connectivity index (χ3v) is 3.52. The second-order valence-electron chi connectivity index (χ2n) is 5.63. The van der Waals surface area contributed by atoms with Gasteiger partial charge in [0, 0.05) is 37.7 Å². The van der Waals surface area contributed by atoms with Crippen LogP contribution in [0.3, 0.4) is 0 Å². The molecule has 0 saturated carbocycles. The predicted molar refractivity (Wildman–Crippen MR) is 93.0 cm³/mol. The second kappa shape index (κ2) is 10.0. The molecule has 126 valence electrons. The fourth-order valence-electron chi connectivity index (χ4n) is 2.43. The third kappa shape index (κ3) is 6.10. The summed E-state index contributed by atoms with van der Waals surface area (Å²) in [6.07, 6.45) is -0.365. The molecule has 1 aliphatic heterocycles. The van der Waals surface area contributed by atoms with E-state index in [0.29, 0.717) is 18.7 Å². The molecular formula is C15H25Cl2N3O2. The first-order chi connectivity index (χ1) is 9.56. The molecule has 0 bridgehead atoms. The summed E-state index contributed by atoms with van der Waals surface area (Å²) in [5.41, 5.74) is 1.79. The molecule has 0 radical (unpaired) electrons. The Morgan fingerprint density at radius 3 is 2.68 bits per heavy atom. The number of aliphatic hydroxyl groups excluding tert-OH is 1. The average Bonchev–Trinajstić information content (AvgIpc) is 2.81. The van der Waals surface area contributed by atoms with E-state index in [1.165, 1.54) is 0 Å². The number of amides is 1. The van der Waals surface area contributed by atoms with Crippen LogP contribution in [0, 0.1) is 5.92 Å². The zero-order chi connectivity index (χ0) is 14.5. The summed E-state index contributed by atoms with van der Waals surface area (Å²) in [6.45, 7) is 2.68. The number of carbonyl (C=O) groups excluding carboxylic acids is 1. The van der Waals surface area contributed by atoms with Crippen molar-refractivity contribution in [3.63, 3.8) is 0 Å². The Labute approximate surface area is 144 Å². The van der Waals surface area contributed by atoms with E-state index in [1.807, 2.05) is 38.4 Å². The Hall–Kier alpha value is -0.850. The summed E-state index contributed by atoms with van der Waals surface area (Å²) in [5.74, 6) is 0.0219. The minimum Gasteiger partial charge on any atom is -0.391 e. The molecule has 0 aliphatic carbocycles. The Balaban J connectivity index is 0.00000220. The number of nitrogens with one attached hydrogen (secondary N) is 2. The molecule has 0 spiro atoms. The van der Waals surface area contributed by atoms with Crippen molar-refractivity contribution in [2.45, 2.75) is 12.6 Å². The highest BCUT2D eigenvalue weighted by molar-refractivity contribution is 5.94. The van der Waals surface area contributed by atoms with E-state index < -0.39 is 0 Å². The summed E-state index contributed by atoms with van der Waals surface area (Å²) in [5, 5.41) is 15.7. The number of nitrogens with zero attached hydrogens (tertiary/aromatic N) is 1. The van der Waals surface area contributed by atoms with Gasteiger partial charge in [-0.2, -0.15) is 0 Å². The maximum absolute atomic E-state index is 12.1. The Morgan fingerprint density at radius 2 is 2.09 bits per heavy atom. The number of carbonyl (C=O) groups is 1. The smallest absolute Gasteiger partial charge is 0.251 e. The van der Waals surface area contributed by atoms with Crippen molar-refractivity contribution in [2.24, 2.45) is 5.92 Å². The van der Waals surface area contributed by atoms with Crippen LogP contribution in [0.15, 0.2) is 24.3 Å². The van der Waals surface area contributed by atoms with Crippen molar-refractivity contribution in [1.82, 2.24) is 15.5 Å². The normalized spacial score (nSPS) is 20.2. The number of rotatable bonds is 5. The second-order valence-corrected chi connectivity index (χ2v) is 5.63. The van der Waals surface area contributed by atoms with Gasteiger partial charge in [-0.05, 0) is 31.8 Å². The highest BCUT2D eigenvalue weighted by atomic mass is 35.5. The van der Waals surface area contributed by atoms with Gasteiger partial charge in [-0.3, -0.25) is 4.79 Å². The lowest BCUT2D eigenvalue weighted by Gasteiger charge is -2.15. The molecule has 1 aromatic carbocycles. The van der Waals surface area contributed by atoms with E-state index >= 15 is 0 Å². The minimum absolute atomic E-state index is 0. The van der Waals surface area contributed by atoms with Crippen LogP contribution >= 0.6 is 24.8 Å². The molecule has 1 aromatic rings. The average molecular weight is 350 g/mol. The van der Waals surface area contributed by atoms with Crippen LogP contribution in [0.25, 0.3) is 0 Å². The molecule has 1 amide bonds. The summed E-state index contributed by atoms with van der Waals surface area (Å²) in [6, 6.07) is 7.65. The first-order valence-corrected chi connectivity index (χ1v) is 6.97. The Bertz CT molecular complexity index is 472. The summed E-state index contributed by atoms with van der Waals surface area (Å²) in [4.78, 5) is 14.2. The first-order valence-electron chi connectivity index (χ1n) is 6.97. The van der Waals surface area contributed by atoms with Gasteiger partial charge in [-0.15, -0.1) is 24.8 Å². The van der Waals surface area contributed by atoms with Crippen LogP contribution in [0.5, 0.6) is 0 Å². The van der Waals surface area contributed by atoms with E-state index in [-0.39, 0.29) is 42.7 Å². The van der Waals surface area contributed by atoms with Crippen LogP contribution in [0.1, 0.15) is 15.9 Å². The highest BCUT2D eigenvalue weighted by Gasteiger charge is 2.25. The number of hydrogen-bond donors (Lipinski definition) is 3. The molecule has 22 heavy (non-hydrogen) atoms. The van der Waals surface area contributed by atoms with Gasteiger partial charge in [-0.1, -0.05) is 12.1 Å². The lowest BCUT2D eigenvalue weighted by atomic mass is 10.1. The Kier molecular flexibility index (Phi) is 9.64. The number of halogens is 2. The largest absolute Gasteiger partial charge is 0.391 e. The number of β-amino-alcohol motifs (C(OH)–C–C–N with tert-alkyl or cyclic N) is 1. The van der Waals surface area contributed by atoms with Gasteiger partial charge in [0.15, 0.2) is 0 Å². The first kappa shape index (κ1) is 21.1. The highest BCUT2D eigenvalue weighted by Crippen LogP contribution is 2.09. The maximum Gasteiger partial charge on any atom is 0.251 e. The molecular weight excluding hydrogens is 325 g/mol. The van der Waals surface area contributed by atoms with Crippen molar-refractivity contribution >= 4 is 30.7 Å². The van der Waals surface area contributed by atoms with E-state index in [1.54, 1.807) is 0 Å². The van der Waals surface area contributed by atoms with Gasteiger partial charge in [0.2, 0.25) is 0 Å². The summed E-state index contributed by atoms with van der Waals surface area (Å²) < 4.78 is 0. The van der Waals surface area contributed by atoms with Gasteiger partial charge in [0.25, 0.3) is 5.91 Å². The van der Waals surface area contributed by atoms with Gasteiger partial charge >= 0.3 is 0 Å². The maximum atomic E-state index is 12.1. The molecule has 1 saturated heterocycles. The van der Waals surface area contributed by atoms with Crippen molar-refractivity contribution in [3.8, 4) is 0 Å². The molecule has 7 heteroatoms. The van der Waals surface area contributed by atoms with Crippen molar-refractivity contribution in [1.29, 1.82) is 0 Å². The Morgan fingerprint density at radius 1 is 1.36 bits per heavy atom. The molecule has 5 nitrogen and oxygen atoms in total. The van der Waals surface area contributed by atoms with E-state index in [2.05, 4.69) is 15.5 Å². The van der Waals surface area contributed by atoms with Crippen molar-refractivity contribution in [2.75, 3.05) is 33.7 Å². The topological polar surface area (TPSA) is 64.6 Å². The summed E-state index contributed by atoms with van der Waals surface area (Å²) in [7, 11) is 4.00. The summed E-state index contributed by atoms with van der Waals surface area (Å²) >= 11 is 0. The lowest BCUT2D eigenvalue weighted by Crippen LogP contribution is -2.34. The molecule has 1 heterocycles. The fraction of sp³-hybridized carbons (Fsp3) is 0.533. The van der Waals surface area contributed by atoms with Crippen LogP contribution in [-0.4, -0.2) is 55.7 Å². The van der Waals surface area contributed by atoms with Crippen LogP contribution in [-0.2, 0) is 6.54 Å². The van der Waals surface area contributed by atoms with Crippen LogP contribution < -0.4 is 10.6 Å². The number of hydrogen-bond acceptors (Lipinski definition) is 4. The standard InChI is InChI=1S/C15H23N3O2.2ClH/c1-18(2)10-11-4-3-5-12(6-11)15(20)17-8-13-7-16-9-14(13)19;;/h3-6,13-14,16,19H,7-10H2,1-2H3,(H,17,20);2*1H. The quantitative estimate of drug-likeness (QED) is 0.739. The molecule has 0 aromatic heterocycles. The molecule has 2 rings (SSSR count). The number of benzene rings is 1. The van der Waals surface area contributed by atoms with Crippen molar-refractivity contribution in [3.05, 3.63) is 35.4 Å². The van der Waals surface area contributed by atoms with Gasteiger partial charge in [0.1, 0.15) is 0 Å². The lowest BCUT2D eigenvalue weighted by molar-refractivity contribution is 0.0927. The number of aliphatic hydroxyl groups is 1. The zero-order valence-corrected chi connectivity index (χ0v) is 14.5. The zero-order valence-electron chi connectivity index (χ0n) is 12.9. The van der Waals surface area contributed by atoms with Crippen LogP contribution in [0.2, 0.25) is 0 Å². The van der Waals surface area contributed by atoms with Crippen molar-refractivity contribution < 1.29 is 9.90 Å². The molecule has 2 unspecified atom stereocenters. The van der Waals surface area contributed by atoms with Gasteiger partial charge in [-0.25, -0.2) is 0 Å². The monoisotopic (exact) mass is 349 g/mol. The minimum atomic E-state index is -0.365. The van der Waals surface area contributed by atoms with Crippen LogP contribution in [0.4, 0.5) is 0 Å². The predicted octanol–water partition coefficient (Wildman–Crippen LogP) is 0.902. The molecule has 2 atom stereocenters. The van der Waals surface area contributed by atoms with E-state index in [4.69, 9.17) is 0 Å². The SMILES string of the molecule is CN(C)Cc1cccc(C(=O)NCC2CNCC2O)c1.Cl.Cl. The van der Waals surface area contributed by atoms with Gasteiger partial charge < -0.3 is 20.6 Å².